The van der Waals surface area contributed by atoms with Crippen molar-refractivity contribution in [2.24, 2.45) is 5.92 Å². The van der Waals surface area contributed by atoms with Crippen LogP contribution in [0.4, 0.5) is 33.6 Å². The van der Waals surface area contributed by atoms with Gasteiger partial charge in [0.1, 0.15) is 6.61 Å². The van der Waals surface area contributed by atoms with Crippen molar-refractivity contribution < 1.29 is 9.53 Å². The highest BCUT2D eigenvalue weighted by Gasteiger charge is 2.38. The number of thiophene rings is 1. The van der Waals surface area contributed by atoms with Crippen LogP contribution in [0.3, 0.4) is 0 Å². The molecule has 9 heteroatoms. The van der Waals surface area contributed by atoms with Crippen molar-refractivity contribution in [3.8, 4) is 0 Å². The minimum Gasteiger partial charge on any atom is -0.447 e. The molecule has 5 rings (SSSR count). The second kappa shape index (κ2) is 9.79. The maximum absolute atomic E-state index is 12.5. The number of anilines is 5. The van der Waals surface area contributed by atoms with E-state index < -0.39 is 0 Å². The van der Waals surface area contributed by atoms with Gasteiger partial charge in [-0.1, -0.05) is 26.0 Å². The van der Waals surface area contributed by atoms with Gasteiger partial charge in [-0.15, -0.1) is 11.3 Å². The zero-order valence-corrected chi connectivity index (χ0v) is 20.5. The van der Waals surface area contributed by atoms with Gasteiger partial charge in [-0.2, -0.15) is 4.98 Å². The highest BCUT2D eigenvalue weighted by atomic mass is 32.1. The van der Waals surface area contributed by atoms with Crippen molar-refractivity contribution in [3.05, 3.63) is 65.5 Å². The van der Waals surface area contributed by atoms with Crippen LogP contribution in [0.15, 0.2) is 60.0 Å². The van der Waals surface area contributed by atoms with E-state index in [1.165, 1.54) is 16.9 Å². The molecule has 8 nitrogen and oxygen atoms in total. The minimum absolute atomic E-state index is 0.0454. The third kappa shape index (κ3) is 5.00. The molecule has 4 N–H and O–H groups in total. The van der Waals surface area contributed by atoms with Gasteiger partial charge < -0.3 is 21.1 Å². The lowest BCUT2D eigenvalue weighted by Gasteiger charge is -2.24. The first-order valence-corrected chi connectivity index (χ1v) is 12.5. The molecule has 1 fully saturated rings. The van der Waals surface area contributed by atoms with E-state index >= 15 is 0 Å². The highest BCUT2D eigenvalue weighted by molar-refractivity contribution is 7.17. The smallest absolute Gasteiger partial charge is 0.415 e. The minimum atomic E-state index is -0.351. The predicted octanol–water partition coefficient (Wildman–Crippen LogP) is 5.65. The topological polar surface area (TPSA) is 105 Å². The summed E-state index contributed by atoms with van der Waals surface area (Å²) in [7, 11) is 0. The molecule has 0 unspecified atom stereocenters. The molecule has 1 amide bonds. The molecule has 2 aromatic heterocycles. The first-order valence-electron chi connectivity index (χ1n) is 11.6. The summed E-state index contributed by atoms with van der Waals surface area (Å²) < 4.78 is 6.24. The van der Waals surface area contributed by atoms with Crippen molar-refractivity contribution in [3.63, 3.8) is 0 Å². The van der Waals surface area contributed by atoms with Gasteiger partial charge >= 0.3 is 6.09 Å². The number of nitrogens with two attached hydrogens (primary N) is 1. The number of hydrogen-bond donors (Lipinski definition) is 3. The number of carbonyl (C=O) groups excluding carboxylic acids is 1. The van der Waals surface area contributed by atoms with Gasteiger partial charge in [0.15, 0.2) is 5.82 Å². The third-order valence-electron chi connectivity index (χ3n) is 6.04. The maximum atomic E-state index is 12.5. The van der Waals surface area contributed by atoms with Gasteiger partial charge in [0.05, 0.1) is 16.3 Å². The van der Waals surface area contributed by atoms with Gasteiger partial charge in [0.25, 0.3) is 0 Å². The van der Waals surface area contributed by atoms with E-state index in [-0.39, 0.29) is 18.1 Å². The number of aromatic nitrogens is 2. The monoisotopic (exact) mass is 488 g/mol. The Morgan fingerprint density at radius 2 is 1.80 bits per heavy atom. The van der Waals surface area contributed by atoms with Gasteiger partial charge in [-0.3, -0.25) is 4.90 Å². The van der Waals surface area contributed by atoms with E-state index in [9.17, 15) is 4.79 Å². The standard InChI is InChI=1S/C26H28N6O2S/c1-16(2)22-15-34-26(33)32(22)24-23-21(12-14-35-23)30-25(31-24)28-13-11-17-3-7-19(8-4-17)29-20-9-5-18(27)6-10-20/h3-10,12,14,16,22,29H,11,13,15,27H2,1-2H3,(H,28,30,31)/t22-/m1/s1. The van der Waals surface area contributed by atoms with Crippen molar-refractivity contribution in [2.75, 3.05) is 34.4 Å². The molecule has 35 heavy (non-hydrogen) atoms. The first kappa shape index (κ1) is 22.9. The van der Waals surface area contributed by atoms with E-state index in [1.807, 2.05) is 35.7 Å². The van der Waals surface area contributed by atoms with Crippen molar-refractivity contribution >= 4 is 56.5 Å². The summed E-state index contributed by atoms with van der Waals surface area (Å²) in [6, 6.07) is 17.9. The van der Waals surface area contributed by atoms with E-state index in [0.717, 1.165) is 33.7 Å². The van der Waals surface area contributed by atoms with Gasteiger partial charge in [0, 0.05) is 23.6 Å². The lowest BCUT2D eigenvalue weighted by atomic mass is 10.0. The molecule has 0 spiro atoms. The lowest BCUT2D eigenvalue weighted by Crippen LogP contribution is -2.38. The zero-order valence-electron chi connectivity index (χ0n) is 19.7. The molecule has 1 atom stereocenters. The van der Waals surface area contributed by atoms with Crippen LogP contribution in [0.2, 0.25) is 0 Å². The van der Waals surface area contributed by atoms with Crippen LogP contribution in [-0.2, 0) is 11.2 Å². The third-order valence-corrected chi connectivity index (χ3v) is 6.94. The van der Waals surface area contributed by atoms with E-state index in [2.05, 4.69) is 53.7 Å². The predicted molar refractivity (Wildman–Crippen MR) is 143 cm³/mol. The average molecular weight is 489 g/mol. The first-order chi connectivity index (χ1) is 17.0. The molecular weight excluding hydrogens is 460 g/mol. The number of ether oxygens (including phenoxy) is 1. The average Bonchev–Trinajstić information content (AvgIpc) is 3.48. The number of carbonyl (C=O) groups is 1. The van der Waals surface area contributed by atoms with Crippen LogP contribution in [-0.4, -0.2) is 35.3 Å². The number of rotatable bonds is 8. The molecule has 2 aromatic carbocycles. The summed E-state index contributed by atoms with van der Waals surface area (Å²) in [6.45, 7) is 5.21. The number of nitrogens with zero attached hydrogens (tertiary/aromatic N) is 3. The molecule has 0 saturated carbocycles. The maximum Gasteiger partial charge on any atom is 0.415 e. The number of fused-ring (bicyclic) bond motifs is 1. The number of hydrogen-bond acceptors (Lipinski definition) is 8. The summed E-state index contributed by atoms with van der Waals surface area (Å²) in [5, 5.41) is 8.67. The number of benzene rings is 2. The molecule has 0 bridgehead atoms. The Labute approximate surface area is 208 Å². The van der Waals surface area contributed by atoms with E-state index in [0.29, 0.717) is 24.9 Å². The van der Waals surface area contributed by atoms with Crippen LogP contribution >= 0.6 is 11.3 Å². The molecule has 3 heterocycles. The summed E-state index contributed by atoms with van der Waals surface area (Å²) >= 11 is 1.53. The Bertz CT molecular complexity index is 1320. The van der Waals surface area contributed by atoms with Gasteiger partial charge in [0.2, 0.25) is 5.95 Å². The quantitative estimate of drug-likeness (QED) is 0.275. The Morgan fingerprint density at radius 3 is 2.51 bits per heavy atom. The van der Waals surface area contributed by atoms with E-state index in [4.69, 9.17) is 15.5 Å². The molecule has 0 aliphatic carbocycles. The number of nitrogen functional groups attached to an aromatic ring is 1. The Morgan fingerprint density at radius 1 is 1.09 bits per heavy atom. The Balaban J connectivity index is 1.26. The van der Waals surface area contributed by atoms with Crippen LogP contribution in [0.1, 0.15) is 19.4 Å². The molecule has 180 valence electrons. The molecule has 1 saturated heterocycles. The molecule has 4 aromatic rings. The second-order valence-electron chi connectivity index (χ2n) is 8.88. The molecule has 1 aliphatic heterocycles. The fourth-order valence-electron chi connectivity index (χ4n) is 4.07. The van der Waals surface area contributed by atoms with Crippen molar-refractivity contribution in [1.82, 2.24) is 9.97 Å². The van der Waals surface area contributed by atoms with Crippen LogP contribution < -0.4 is 21.3 Å². The fourth-order valence-corrected chi connectivity index (χ4v) is 4.88. The van der Waals surface area contributed by atoms with Gasteiger partial charge in [-0.25, -0.2) is 9.78 Å². The largest absolute Gasteiger partial charge is 0.447 e. The fraction of sp³-hybridized carbons (Fsp3) is 0.269. The normalized spacial score (nSPS) is 15.6. The molecular formula is C26H28N6O2S. The summed E-state index contributed by atoms with van der Waals surface area (Å²) in [5.74, 6) is 1.38. The lowest BCUT2D eigenvalue weighted by molar-refractivity contribution is 0.177. The van der Waals surface area contributed by atoms with E-state index in [1.54, 1.807) is 4.90 Å². The summed E-state index contributed by atoms with van der Waals surface area (Å²) in [6.07, 6.45) is 0.457. The zero-order chi connectivity index (χ0) is 24.4. The summed E-state index contributed by atoms with van der Waals surface area (Å²) in [4.78, 5) is 23.6. The number of cyclic esters (lactones) is 1. The van der Waals surface area contributed by atoms with Crippen LogP contribution in [0, 0.1) is 5.92 Å². The number of nitrogens with one attached hydrogen (secondary N) is 2. The SMILES string of the molecule is CC(C)[C@H]1COC(=O)N1c1nc(NCCc2ccc(Nc3ccc(N)cc3)cc2)nc2ccsc12. The second-order valence-corrected chi connectivity index (χ2v) is 9.80. The Kier molecular flexibility index (Phi) is 6.41. The van der Waals surface area contributed by atoms with Crippen LogP contribution in [0.5, 0.6) is 0 Å². The van der Waals surface area contributed by atoms with Crippen LogP contribution in [0.25, 0.3) is 10.2 Å². The Hall–Kier alpha value is -3.85. The van der Waals surface area contributed by atoms with Crippen molar-refractivity contribution in [2.45, 2.75) is 26.3 Å². The molecule has 1 aliphatic rings. The van der Waals surface area contributed by atoms with Gasteiger partial charge in [-0.05, 0) is 65.7 Å². The highest BCUT2D eigenvalue weighted by Crippen LogP contribution is 2.35. The summed E-state index contributed by atoms with van der Waals surface area (Å²) in [5.41, 5.74) is 10.5. The number of amides is 1. The molecule has 0 radical (unpaired) electrons. The van der Waals surface area contributed by atoms with Crippen molar-refractivity contribution in [1.29, 1.82) is 0 Å².